The molecular formula is C20H21N3O3S. The van der Waals surface area contributed by atoms with Crippen LogP contribution in [0.5, 0.6) is 5.75 Å². The van der Waals surface area contributed by atoms with Crippen molar-refractivity contribution in [2.75, 3.05) is 18.2 Å². The Morgan fingerprint density at radius 2 is 1.89 bits per heavy atom. The zero-order chi connectivity index (χ0) is 19.4. The first kappa shape index (κ1) is 19.0. The van der Waals surface area contributed by atoms with Crippen molar-refractivity contribution in [3.8, 4) is 5.75 Å². The molecule has 27 heavy (non-hydrogen) atoms. The highest BCUT2D eigenvalue weighted by molar-refractivity contribution is 7.99. The monoisotopic (exact) mass is 383 g/mol. The summed E-state index contributed by atoms with van der Waals surface area (Å²) in [5.74, 6) is 0.718. The normalized spacial score (nSPS) is 11.0. The molecule has 6 nitrogen and oxygen atoms in total. The van der Waals surface area contributed by atoms with Gasteiger partial charge in [-0.3, -0.25) is 14.2 Å². The molecule has 3 aromatic rings. The minimum atomic E-state index is -0.164. The van der Waals surface area contributed by atoms with Gasteiger partial charge >= 0.3 is 0 Å². The lowest BCUT2D eigenvalue weighted by Crippen LogP contribution is -2.25. The molecule has 2 aromatic carbocycles. The molecule has 3 rings (SSSR count). The molecule has 1 N–H and O–H groups in total. The molecule has 0 aliphatic rings. The first-order valence-corrected chi connectivity index (χ1v) is 9.56. The van der Waals surface area contributed by atoms with Crippen LogP contribution in [0.4, 0.5) is 5.69 Å². The van der Waals surface area contributed by atoms with E-state index in [1.807, 2.05) is 32.0 Å². The molecule has 1 heterocycles. The minimum Gasteiger partial charge on any atom is -0.497 e. The zero-order valence-electron chi connectivity index (χ0n) is 15.4. The predicted octanol–water partition coefficient (Wildman–Crippen LogP) is 3.72. The smallest absolute Gasteiger partial charge is 0.262 e. The number of nitrogens with one attached hydrogen (secondary N) is 1. The van der Waals surface area contributed by atoms with E-state index in [0.29, 0.717) is 21.7 Å². The predicted molar refractivity (Wildman–Crippen MR) is 109 cm³/mol. The van der Waals surface area contributed by atoms with Crippen molar-refractivity contribution in [1.29, 1.82) is 0 Å². The van der Waals surface area contributed by atoms with E-state index in [1.165, 1.54) is 11.8 Å². The van der Waals surface area contributed by atoms with Crippen LogP contribution in [-0.4, -0.2) is 28.3 Å². The fourth-order valence-corrected chi connectivity index (χ4v) is 3.61. The average molecular weight is 383 g/mol. The van der Waals surface area contributed by atoms with E-state index in [9.17, 15) is 9.59 Å². The van der Waals surface area contributed by atoms with Crippen molar-refractivity contribution in [3.05, 3.63) is 58.9 Å². The number of benzene rings is 2. The second kappa shape index (κ2) is 8.26. The second-order valence-corrected chi connectivity index (χ2v) is 7.19. The molecule has 0 aliphatic carbocycles. The molecule has 1 aromatic heterocycles. The summed E-state index contributed by atoms with van der Waals surface area (Å²) in [5.41, 5.74) is 1.24. The van der Waals surface area contributed by atoms with Gasteiger partial charge in [0, 0.05) is 11.7 Å². The lowest BCUT2D eigenvalue weighted by molar-refractivity contribution is -0.113. The molecular weight excluding hydrogens is 362 g/mol. The van der Waals surface area contributed by atoms with Crippen LogP contribution < -0.4 is 15.6 Å². The standard InChI is InChI=1S/C20H21N3O3S/c1-13(2)23-19(25)16-6-4-5-7-17(16)22-20(23)27-12-18(24)21-14-8-10-15(26-3)11-9-14/h4-11,13H,12H2,1-3H3,(H,21,24). The van der Waals surface area contributed by atoms with Gasteiger partial charge in [0.05, 0.1) is 23.8 Å². The largest absolute Gasteiger partial charge is 0.497 e. The molecule has 0 bridgehead atoms. The quantitative estimate of drug-likeness (QED) is 0.519. The number of aromatic nitrogens is 2. The molecule has 140 valence electrons. The second-order valence-electron chi connectivity index (χ2n) is 6.25. The number of methoxy groups -OCH3 is 1. The van der Waals surface area contributed by atoms with E-state index < -0.39 is 0 Å². The van der Waals surface area contributed by atoms with Gasteiger partial charge < -0.3 is 10.1 Å². The average Bonchev–Trinajstić information content (AvgIpc) is 2.66. The first-order valence-electron chi connectivity index (χ1n) is 8.57. The fraction of sp³-hybridized carbons (Fsp3) is 0.250. The third-order valence-corrected chi connectivity index (χ3v) is 4.95. The van der Waals surface area contributed by atoms with Gasteiger partial charge in [0.2, 0.25) is 5.91 Å². The number of rotatable bonds is 6. The van der Waals surface area contributed by atoms with Crippen LogP contribution in [0.15, 0.2) is 58.5 Å². The van der Waals surface area contributed by atoms with Crippen LogP contribution in [-0.2, 0) is 4.79 Å². The van der Waals surface area contributed by atoms with E-state index in [0.717, 1.165) is 5.75 Å². The number of carbonyl (C=O) groups is 1. The van der Waals surface area contributed by atoms with Gasteiger partial charge in [0.15, 0.2) is 5.16 Å². The van der Waals surface area contributed by atoms with E-state index >= 15 is 0 Å². The molecule has 0 aliphatic heterocycles. The summed E-state index contributed by atoms with van der Waals surface area (Å²) in [4.78, 5) is 29.7. The molecule has 0 spiro atoms. The number of ether oxygens (including phenoxy) is 1. The highest BCUT2D eigenvalue weighted by Crippen LogP contribution is 2.21. The van der Waals surface area contributed by atoms with Crippen LogP contribution >= 0.6 is 11.8 Å². The summed E-state index contributed by atoms with van der Waals surface area (Å²) in [6.45, 7) is 3.86. The maximum Gasteiger partial charge on any atom is 0.262 e. The molecule has 0 saturated heterocycles. The van der Waals surface area contributed by atoms with Crippen molar-refractivity contribution in [1.82, 2.24) is 9.55 Å². The van der Waals surface area contributed by atoms with Crippen molar-refractivity contribution in [2.24, 2.45) is 0 Å². The van der Waals surface area contributed by atoms with E-state index in [1.54, 1.807) is 42.0 Å². The van der Waals surface area contributed by atoms with Gasteiger partial charge in [-0.1, -0.05) is 23.9 Å². The van der Waals surface area contributed by atoms with Gasteiger partial charge in [-0.2, -0.15) is 0 Å². The van der Waals surface area contributed by atoms with Crippen LogP contribution in [0.3, 0.4) is 0 Å². The number of carbonyl (C=O) groups excluding carboxylic acids is 1. The summed E-state index contributed by atoms with van der Waals surface area (Å²) < 4.78 is 6.74. The third kappa shape index (κ3) is 4.31. The van der Waals surface area contributed by atoms with Gasteiger partial charge in [-0.05, 0) is 50.2 Å². The van der Waals surface area contributed by atoms with E-state index in [4.69, 9.17) is 4.74 Å². The number of fused-ring (bicyclic) bond motifs is 1. The van der Waals surface area contributed by atoms with Gasteiger partial charge in [-0.15, -0.1) is 0 Å². The van der Waals surface area contributed by atoms with Crippen LogP contribution in [0.1, 0.15) is 19.9 Å². The number of thioether (sulfide) groups is 1. The van der Waals surface area contributed by atoms with Crippen molar-refractivity contribution >= 4 is 34.3 Å². The van der Waals surface area contributed by atoms with Gasteiger partial charge in [0.1, 0.15) is 5.75 Å². The number of para-hydroxylation sites is 1. The number of hydrogen-bond donors (Lipinski definition) is 1. The molecule has 0 fully saturated rings. The summed E-state index contributed by atoms with van der Waals surface area (Å²) >= 11 is 1.25. The Balaban J connectivity index is 1.78. The molecule has 1 amide bonds. The Kier molecular flexibility index (Phi) is 5.81. The van der Waals surface area contributed by atoms with E-state index in [2.05, 4.69) is 10.3 Å². The van der Waals surface area contributed by atoms with E-state index in [-0.39, 0.29) is 23.3 Å². The Morgan fingerprint density at radius 1 is 1.19 bits per heavy atom. The lowest BCUT2D eigenvalue weighted by atomic mass is 10.2. The third-order valence-electron chi connectivity index (χ3n) is 4.00. The Morgan fingerprint density at radius 3 is 2.56 bits per heavy atom. The summed E-state index contributed by atoms with van der Waals surface area (Å²) in [6.07, 6.45) is 0. The van der Waals surface area contributed by atoms with Crippen LogP contribution in [0.25, 0.3) is 10.9 Å². The maximum absolute atomic E-state index is 12.8. The Bertz CT molecular complexity index is 1010. The Hall–Kier alpha value is -2.80. The summed E-state index contributed by atoms with van der Waals surface area (Å²) in [7, 11) is 1.59. The highest BCUT2D eigenvalue weighted by atomic mass is 32.2. The van der Waals surface area contributed by atoms with Crippen molar-refractivity contribution in [2.45, 2.75) is 25.0 Å². The topological polar surface area (TPSA) is 73.2 Å². The highest BCUT2D eigenvalue weighted by Gasteiger charge is 2.15. The van der Waals surface area contributed by atoms with Crippen molar-refractivity contribution < 1.29 is 9.53 Å². The molecule has 0 radical (unpaired) electrons. The molecule has 7 heteroatoms. The lowest BCUT2D eigenvalue weighted by Gasteiger charge is -2.16. The zero-order valence-corrected chi connectivity index (χ0v) is 16.2. The van der Waals surface area contributed by atoms with Crippen LogP contribution in [0.2, 0.25) is 0 Å². The molecule has 0 saturated carbocycles. The van der Waals surface area contributed by atoms with Gasteiger partial charge in [0.25, 0.3) is 5.56 Å². The Labute approximate surface area is 161 Å². The molecule has 0 unspecified atom stereocenters. The molecule has 0 atom stereocenters. The van der Waals surface area contributed by atoms with Crippen molar-refractivity contribution in [3.63, 3.8) is 0 Å². The van der Waals surface area contributed by atoms with Crippen LogP contribution in [0, 0.1) is 0 Å². The number of nitrogens with zero attached hydrogens (tertiary/aromatic N) is 2. The summed E-state index contributed by atoms with van der Waals surface area (Å²) in [5, 5.41) is 3.96. The number of hydrogen-bond acceptors (Lipinski definition) is 5. The minimum absolute atomic E-state index is 0.0539. The number of amides is 1. The van der Waals surface area contributed by atoms with Gasteiger partial charge in [-0.25, -0.2) is 4.98 Å². The maximum atomic E-state index is 12.8. The summed E-state index contributed by atoms with van der Waals surface area (Å²) in [6, 6.07) is 14.3. The number of anilines is 1. The fourth-order valence-electron chi connectivity index (χ4n) is 2.68. The first-order chi connectivity index (χ1) is 13.0. The SMILES string of the molecule is COc1ccc(NC(=O)CSc2nc3ccccc3c(=O)n2C(C)C)cc1.